The van der Waals surface area contributed by atoms with Gasteiger partial charge in [-0.15, -0.1) is 0 Å². The van der Waals surface area contributed by atoms with Crippen LogP contribution in [0.3, 0.4) is 0 Å². The first kappa shape index (κ1) is 22.6. The fourth-order valence-electron chi connectivity index (χ4n) is 2.23. The van der Waals surface area contributed by atoms with E-state index in [1.807, 2.05) is 12.1 Å². The Morgan fingerprint density at radius 2 is 1.76 bits per heavy atom. The molecule has 1 N–H and O–H groups in total. The fraction of sp³-hybridized carbons (Fsp3) is 0.100. The molecule has 0 spiro atoms. The van der Waals surface area contributed by atoms with Gasteiger partial charge >= 0.3 is 5.97 Å². The third kappa shape index (κ3) is 6.17. The lowest BCUT2D eigenvalue weighted by Crippen LogP contribution is -2.13. The summed E-state index contributed by atoms with van der Waals surface area (Å²) in [6.45, 7) is -0.0677. The molecule has 0 unspecified atom stereocenters. The third-order valence-corrected chi connectivity index (χ3v) is 5.14. The minimum Gasteiger partial charge on any atom is -0.477 e. The molecule has 2 rings (SSSR count). The van der Waals surface area contributed by atoms with Crippen molar-refractivity contribution in [1.29, 1.82) is 10.5 Å². The van der Waals surface area contributed by atoms with Crippen LogP contribution in [0.15, 0.2) is 42.0 Å². The van der Waals surface area contributed by atoms with E-state index >= 15 is 0 Å². The predicted octanol–water partition coefficient (Wildman–Crippen LogP) is 4.13. The predicted molar refractivity (Wildman–Crippen MR) is 123 cm³/mol. The van der Waals surface area contributed by atoms with Crippen molar-refractivity contribution in [2.75, 3.05) is 19.0 Å². The number of methoxy groups -OCH3 is 1. The molecule has 0 atom stereocenters. The number of esters is 1. The number of rotatable bonds is 6. The van der Waals surface area contributed by atoms with E-state index in [0.29, 0.717) is 22.6 Å². The molecule has 29 heavy (non-hydrogen) atoms. The van der Waals surface area contributed by atoms with Crippen molar-refractivity contribution in [3.8, 4) is 17.9 Å². The zero-order valence-corrected chi connectivity index (χ0v) is 19.3. The van der Waals surface area contributed by atoms with Crippen LogP contribution in [0.25, 0.3) is 6.08 Å². The number of hydrogen-bond donors (Lipinski definition) is 1. The van der Waals surface area contributed by atoms with Gasteiger partial charge in [-0.2, -0.15) is 10.5 Å². The Labute approximate surface area is 194 Å². The van der Waals surface area contributed by atoms with E-state index < -0.39 is 11.9 Å². The van der Waals surface area contributed by atoms with E-state index in [-0.39, 0.29) is 12.2 Å². The van der Waals surface area contributed by atoms with E-state index in [9.17, 15) is 14.9 Å². The molecule has 9 heteroatoms. The monoisotopic (exact) mass is 613 g/mol. The zero-order valence-electron chi connectivity index (χ0n) is 15.0. The van der Waals surface area contributed by atoms with Crippen LogP contribution in [-0.2, 0) is 9.53 Å². The fourth-order valence-corrected chi connectivity index (χ4v) is 4.35. The average Bonchev–Trinajstić information content (AvgIpc) is 2.71. The normalized spacial score (nSPS) is 10.4. The molecule has 0 aliphatic carbocycles. The molecule has 2 aromatic rings. The topological polar surface area (TPSA) is 112 Å². The van der Waals surface area contributed by atoms with Gasteiger partial charge in [0.25, 0.3) is 5.91 Å². The molecular weight excluding hydrogens is 600 g/mol. The van der Waals surface area contributed by atoms with Gasteiger partial charge in [-0.25, -0.2) is 4.79 Å². The first-order valence-corrected chi connectivity index (χ1v) is 10.2. The molecule has 0 bridgehead atoms. The minimum atomic E-state index is -0.576. The Morgan fingerprint density at radius 3 is 2.28 bits per heavy atom. The number of amides is 1. The molecule has 1 amide bonds. The van der Waals surface area contributed by atoms with E-state index in [1.54, 1.807) is 24.3 Å². The lowest BCUT2D eigenvalue weighted by atomic mass is 10.1. The highest BCUT2D eigenvalue weighted by Gasteiger charge is 2.13. The van der Waals surface area contributed by atoms with Gasteiger partial charge in [0.2, 0.25) is 0 Å². The summed E-state index contributed by atoms with van der Waals surface area (Å²) in [6.07, 6.45) is 1.47. The number of nitriles is 2. The van der Waals surface area contributed by atoms with Gasteiger partial charge in [0.1, 0.15) is 23.5 Å². The van der Waals surface area contributed by atoms with Gasteiger partial charge in [-0.1, -0.05) is 0 Å². The number of hydrogen-bond acceptors (Lipinski definition) is 6. The Kier molecular flexibility index (Phi) is 8.42. The van der Waals surface area contributed by atoms with Crippen LogP contribution in [-0.4, -0.2) is 25.6 Å². The van der Waals surface area contributed by atoms with Crippen molar-refractivity contribution in [1.82, 2.24) is 0 Å². The average molecular weight is 613 g/mol. The quantitative estimate of drug-likeness (QED) is 0.227. The highest BCUT2D eigenvalue weighted by Crippen LogP contribution is 2.30. The Bertz CT molecular complexity index is 1030. The Balaban J connectivity index is 2.21. The molecule has 0 saturated carbocycles. The molecule has 0 saturated heterocycles. The van der Waals surface area contributed by atoms with Crippen LogP contribution in [0.4, 0.5) is 5.69 Å². The van der Waals surface area contributed by atoms with Crippen LogP contribution < -0.4 is 10.1 Å². The summed E-state index contributed by atoms with van der Waals surface area (Å²) < 4.78 is 11.5. The standard InChI is InChI=1S/C20H13I2N3O4/c1-28-20(27)13-2-4-15(5-3-13)25-19(26)14(11-24)8-12-9-16(21)18(17(22)10-12)29-7-6-23/h2-5,8-10H,7H2,1H3,(H,25,26)/b14-8+. The second-order valence-electron chi connectivity index (χ2n) is 5.45. The van der Waals surface area contributed by atoms with Crippen LogP contribution in [0.2, 0.25) is 0 Å². The number of anilines is 1. The van der Waals surface area contributed by atoms with Gasteiger partial charge in [0, 0.05) is 5.69 Å². The summed E-state index contributed by atoms with van der Waals surface area (Å²) in [5.74, 6) is -0.474. The van der Waals surface area contributed by atoms with Gasteiger partial charge in [0.15, 0.2) is 6.61 Å². The highest BCUT2D eigenvalue weighted by molar-refractivity contribution is 14.1. The molecule has 0 heterocycles. The van der Waals surface area contributed by atoms with Crippen molar-refractivity contribution in [3.63, 3.8) is 0 Å². The molecule has 0 aliphatic heterocycles. The summed E-state index contributed by atoms with van der Waals surface area (Å²) in [4.78, 5) is 23.9. The number of carbonyl (C=O) groups excluding carboxylic acids is 2. The Hall–Kier alpha value is -2.64. The van der Waals surface area contributed by atoms with Crippen molar-refractivity contribution < 1.29 is 19.1 Å². The lowest BCUT2D eigenvalue weighted by molar-refractivity contribution is -0.112. The van der Waals surface area contributed by atoms with Crippen LogP contribution >= 0.6 is 45.2 Å². The second kappa shape index (κ2) is 10.8. The summed E-state index contributed by atoms with van der Waals surface area (Å²) in [5, 5.41) is 20.7. The maximum Gasteiger partial charge on any atom is 0.337 e. The number of nitrogens with one attached hydrogen (secondary N) is 1. The number of carbonyl (C=O) groups is 2. The molecular formula is C20H13I2N3O4. The van der Waals surface area contributed by atoms with E-state index in [1.165, 1.54) is 25.3 Å². The summed E-state index contributed by atoms with van der Waals surface area (Å²) >= 11 is 4.14. The van der Waals surface area contributed by atoms with Gasteiger partial charge in [-0.05, 0) is 93.2 Å². The van der Waals surface area contributed by atoms with E-state index in [0.717, 1.165) is 7.14 Å². The molecule has 0 radical (unpaired) electrons. The number of benzene rings is 2. The zero-order chi connectivity index (χ0) is 21.4. The van der Waals surface area contributed by atoms with Crippen molar-refractivity contribution in [2.45, 2.75) is 0 Å². The molecule has 0 aliphatic rings. The summed E-state index contributed by atoms with van der Waals surface area (Å²) in [5.41, 5.74) is 1.35. The third-order valence-electron chi connectivity index (χ3n) is 3.54. The number of nitrogens with zero attached hydrogens (tertiary/aromatic N) is 2. The summed E-state index contributed by atoms with van der Waals surface area (Å²) in [6, 6.07) is 13.4. The summed E-state index contributed by atoms with van der Waals surface area (Å²) in [7, 11) is 1.28. The number of ether oxygens (including phenoxy) is 2. The Morgan fingerprint density at radius 1 is 1.14 bits per heavy atom. The van der Waals surface area contributed by atoms with Crippen molar-refractivity contribution in [2.24, 2.45) is 0 Å². The first-order valence-electron chi connectivity index (χ1n) is 8.00. The first-order chi connectivity index (χ1) is 13.9. The van der Waals surface area contributed by atoms with E-state index in [4.69, 9.17) is 10.00 Å². The molecule has 7 nitrogen and oxygen atoms in total. The molecule has 0 aromatic heterocycles. The highest BCUT2D eigenvalue weighted by atomic mass is 127. The largest absolute Gasteiger partial charge is 0.477 e. The van der Waals surface area contributed by atoms with Gasteiger partial charge in [-0.3, -0.25) is 4.79 Å². The maximum atomic E-state index is 12.4. The molecule has 2 aromatic carbocycles. The van der Waals surface area contributed by atoms with Crippen LogP contribution in [0.5, 0.6) is 5.75 Å². The lowest BCUT2D eigenvalue weighted by Gasteiger charge is -2.09. The van der Waals surface area contributed by atoms with Crippen molar-refractivity contribution >= 4 is 68.8 Å². The smallest absolute Gasteiger partial charge is 0.337 e. The SMILES string of the molecule is COC(=O)c1ccc(NC(=O)/C(C#N)=C/c2cc(I)c(OCC#N)c(I)c2)cc1. The van der Waals surface area contributed by atoms with Crippen LogP contribution in [0.1, 0.15) is 15.9 Å². The second-order valence-corrected chi connectivity index (χ2v) is 7.78. The molecule has 0 fully saturated rings. The van der Waals surface area contributed by atoms with Crippen molar-refractivity contribution in [3.05, 3.63) is 60.2 Å². The van der Waals surface area contributed by atoms with Gasteiger partial charge < -0.3 is 14.8 Å². The van der Waals surface area contributed by atoms with Crippen LogP contribution in [0, 0.1) is 29.8 Å². The molecule has 146 valence electrons. The number of halogens is 2. The maximum absolute atomic E-state index is 12.4. The minimum absolute atomic E-state index is 0.0677. The van der Waals surface area contributed by atoms with E-state index in [2.05, 4.69) is 55.2 Å². The van der Waals surface area contributed by atoms with Gasteiger partial charge in [0.05, 0.1) is 19.8 Å².